The second-order valence-corrected chi connectivity index (χ2v) is 4.93. The zero-order valence-corrected chi connectivity index (χ0v) is 12.2. The summed E-state index contributed by atoms with van der Waals surface area (Å²) in [6.07, 6.45) is 2.81. The number of ether oxygens (including phenoxy) is 1. The van der Waals surface area contributed by atoms with Crippen LogP contribution in [0.4, 0.5) is 0 Å². The van der Waals surface area contributed by atoms with Gasteiger partial charge in [0, 0.05) is 23.9 Å². The number of hydrogen-bond donors (Lipinski definition) is 1. The zero-order chi connectivity index (χ0) is 14.8. The number of benzene rings is 2. The Morgan fingerprint density at radius 1 is 1.24 bits per heavy atom. The molecule has 0 radical (unpaired) electrons. The minimum atomic E-state index is -0.758. The first-order valence-corrected chi connectivity index (χ1v) is 7.00. The van der Waals surface area contributed by atoms with Crippen molar-refractivity contribution in [3.05, 3.63) is 59.9 Å². The molecule has 0 amide bonds. The molecule has 1 aromatic heterocycles. The van der Waals surface area contributed by atoms with Gasteiger partial charge >= 0.3 is 0 Å². The van der Waals surface area contributed by atoms with E-state index >= 15 is 0 Å². The predicted octanol–water partition coefficient (Wildman–Crippen LogP) is 3.15. The first kappa shape index (κ1) is 13.6. The number of nitrogens with zero attached hydrogens (tertiary/aromatic N) is 2. The Balaban J connectivity index is 2.17. The van der Waals surface area contributed by atoms with Gasteiger partial charge in [-0.3, -0.25) is 4.68 Å². The van der Waals surface area contributed by atoms with E-state index < -0.39 is 6.10 Å². The smallest absolute Gasteiger partial charge is 0.125 e. The summed E-state index contributed by atoms with van der Waals surface area (Å²) in [5, 5.41) is 17.1. The maximum atomic E-state index is 10.8. The SMILES string of the molecule is CCn1cc(C(O)c2c(OC)ccc3ccccc23)cn1. The van der Waals surface area contributed by atoms with Gasteiger partial charge in [0.05, 0.1) is 13.3 Å². The van der Waals surface area contributed by atoms with E-state index in [-0.39, 0.29) is 0 Å². The molecule has 0 spiro atoms. The third-order valence-electron chi connectivity index (χ3n) is 3.72. The van der Waals surface area contributed by atoms with E-state index in [4.69, 9.17) is 4.74 Å². The van der Waals surface area contributed by atoms with Crippen molar-refractivity contribution in [1.29, 1.82) is 0 Å². The Morgan fingerprint density at radius 2 is 2.05 bits per heavy atom. The largest absolute Gasteiger partial charge is 0.496 e. The average Bonchev–Trinajstić information content (AvgIpc) is 3.02. The van der Waals surface area contributed by atoms with Crippen molar-refractivity contribution >= 4 is 10.8 Å². The minimum Gasteiger partial charge on any atom is -0.496 e. The highest BCUT2D eigenvalue weighted by molar-refractivity contribution is 5.88. The number of aryl methyl sites for hydroxylation is 1. The Labute approximate surface area is 123 Å². The van der Waals surface area contributed by atoms with Gasteiger partial charge in [-0.15, -0.1) is 0 Å². The lowest BCUT2D eigenvalue weighted by molar-refractivity contribution is 0.216. The van der Waals surface area contributed by atoms with Crippen molar-refractivity contribution in [2.45, 2.75) is 19.6 Å². The number of methoxy groups -OCH3 is 1. The van der Waals surface area contributed by atoms with Crippen LogP contribution in [-0.2, 0) is 6.54 Å². The van der Waals surface area contributed by atoms with E-state index in [0.29, 0.717) is 5.75 Å². The van der Waals surface area contributed by atoms with Crippen LogP contribution in [0.15, 0.2) is 48.8 Å². The van der Waals surface area contributed by atoms with E-state index in [1.807, 2.05) is 49.5 Å². The highest BCUT2D eigenvalue weighted by Crippen LogP contribution is 2.36. The van der Waals surface area contributed by atoms with Crippen LogP contribution >= 0.6 is 0 Å². The molecule has 2 aromatic carbocycles. The Hall–Kier alpha value is -2.33. The van der Waals surface area contributed by atoms with Crippen molar-refractivity contribution in [2.75, 3.05) is 7.11 Å². The molecule has 0 saturated carbocycles. The molecule has 108 valence electrons. The highest BCUT2D eigenvalue weighted by Gasteiger charge is 2.20. The molecule has 1 N–H and O–H groups in total. The molecule has 4 nitrogen and oxygen atoms in total. The monoisotopic (exact) mass is 282 g/mol. The number of rotatable bonds is 4. The molecule has 4 heteroatoms. The highest BCUT2D eigenvalue weighted by atomic mass is 16.5. The lowest BCUT2D eigenvalue weighted by Crippen LogP contribution is -2.03. The molecule has 1 unspecified atom stereocenters. The molecule has 0 aliphatic carbocycles. The average molecular weight is 282 g/mol. The first-order chi connectivity index (χ1) is 10.2. The zero-order valence-electron chi connectivity index (χ0n) is 12.2. The van der Waals surface area contributed by atoms with Gasteiger partial charge in [-0.05, 0) is 23.8 Å². The van der Waals surface area contributed by atoms with E-state index in [1.54, 1.807) is 18.0 Å². The first-order valence-electron chi connectivity index (χ1n) is 7.00. The molecule has 1 atom stereocenters. The maximum absolute atomic E-state index is 10.8. The van der Waals surface area contributed by atoms with Crippen LogP contribution in [0.5, 0.6) is 5.75 Å². The van der Waals surface area contributed by atoms with Gasteiger partial charge in [0.2, 0.25) is 0 Å². The summed E-state index contributed by atoms with van der Waals surface area (Å²) in [6, 6.07) is 11.9. The van der Waals surface area contributed by atoms with Crippen LogP contribution in [0.3, 0.4) is 0 Å². The molecule has 0 aliphatic rings. The van der Waals surface area contributed by atoms with E-state index in [0.717, 1.165) is 28.4 Å². The maximum Gasteiger partial charge on any atom is 0.125 e. The number of aliphatic hydroxyl groups excluding tert-OH is 1. The molecule has 0 aliphatic heterocycles. The van der Waals surface area contributed by atoms with E-state index in [2.05, 4.69) is 5.10 Å². The molecule has 0 bridgehead atoms. The molecule has 1 heterocycles. The third-order valence-corrected chi connectivity index (χ3v) is 3.72. The summed E-state index contributed by atoms with van der Waals surface area (Å²) in [7, 11) is 1.62. The number of aromatic nitrogens is 2. The van der Waals surface area contributed by atoms with Gasteiger partial charge in [0.1, 0.15) is 11.9 Å². The van der Waals surface area contributed by atoms with E-state index in [9.17, 15) is 5.11 Å². The van der Waals surface area contributed by atoms with Crippen LogP contribution in [0, 0.1) is 0 Å². The van der Waals surface area contributed by atoms with Gasteiger partial charge < -0.3 is 9.84 Å². The molecule has 3 aromatic rings. The summed E-state index contributed by atoms with van der Waals surface area (Å²) in [6.45, 7) is 2.79. The summed E-state index contributed by atoms with van der Waals surface area (Å²) in [5.41, 5.74) is 1.55. The molecular weight excluding hydrogens is 264 g/mol. The fourth-order valence-corrected chi connectivity index (χ4v) is 2.60. The fourth-order valence-electron chi connectivity index (χ4n) is 2.60. The van der Waals surface area contributed by atoms with Crippen molar-refractivity contribution in [3.63, 3.8) is 0 Å². The summed E-state index contributed by atoms with van der Waals surface area (Å²) >= 11 is 0. The summed E-state index contributed by atoms with van der Waals surface area (Å²) in [4.78, 5) is 0. The van der Waals surface area contributed by atoms with Crippen LogP contribution < -0.4 is 4.74 Å². The Kier molecular flexibility index (Phi) is 3.62. The predicted molar refractivity (Wildman–Crippen MR) is 82.5 cm³/mol. The second-order valence-electron chi connectivity index (χ2n) is 4.93. The van der Waals surface area contributed by atoms with Gasteiger partial charge in [-0.1, -0.05) is 30.3 Å². The van der Waals surface area contributed by atoms with Crippen LogP contribution in [0.25, 0.3) is 10.8 Å². The number of hydrogen-bond acceptors (Lipinski definition) is 3. The standard InChI is InChI=1S/C17H18N2O2/c1-3-19-11-13(10-18-19)17(20)16-14-7-5-4-6-12(14)8-9-15(16)21-2/h4-11,17,20H,3H2,1-2H3. The van der Waals surface area contributed by atoms with Gasteiger partial charge in [-0.25, -0.2) is 0 Å². The van der Waals surface area contributed by atoms with Crippen molar-refractivity contribution in [1.82, 2.24) is 9.78 Å². The fraction of sp³-hybridized carbons (Fsp3) is 0.235. The molecule has 0 saturated heterocycles. The Bertz CT molecular complexity index is 764. The lowest BCUT2D eigenvalue weighted by Gasteiger charge is -2.16. The van der Waals surface area contributed by atoms with Crippen LogP contribution in [-0.4, -0.2) is 22.0 Å². The van der Waals surface area contributed by atoms with Crippen molar-refractivity contribution in [2.24, 2.45) is 0 Å². The van der Waals surface area contributed by atoms with Crippen molar-refractivity contribution in [3.8, 4) is 5.75 Å². The quantitative estimate of drug-likeness (QED) is 0.799. The van der Waals surface area contributed by atoms with Crippen LogP contribution in [0.1, 0.15) is 24.2 Å². The summed E-state index contributed by atoms with van der Waals surface area (Å²) < 4.78 is 7.24. The topological polar surface area (TPSA) is 47.3 Å². The lowest BCUT2D eigenvalue weighted by atomic mass is 9.96. The van der Waals surface area contributed by atoms with Gasteiger partial charge in [0.25, 0.3) is 0 Å². The van der Waals surface area contributed by atoms with Crippen molar-refractivity contribution < 1.29 is 9.84 Å². The van der Waals surface area contributed by atoms with E-state index in [1.165, 1.54) is 0 Å². The molecular formula is C17H18N2O2. The normalized spacial score (nSPS) is 12.5. The molecule has 21 heavy (non-hydrogen) atoms. The van der Waals surface area contributed by atoms with Gasteiger partial charge in [-0.2, -0.15) is 5.10 Å². The number of fused-ring (bicyclic) bond motifs is 1. The minimum absolute atomic E-state index is 0.686. The van der Waals surface area contributed by atoms with Crippen LogP contribution in [0.2, 0.25) is 0 Å². The van der Waals surface area contributed by atoms with Gasteiger partial charge in [0.15, 0.2) is 0 Å². The molecule has 0 fully saturated rings. The Morgan fingerprint density at radius 3 is 2.76 bits per heavy atom. The summed E-state index contributed by atoms with van der Waals surface area (Å²) in [5.74, 6) is 0.686. The molecule has 3 rings (SSSR count). The second kappa shape index (κ2) is 5.58. The third kappa shape index (κ3) is 2.38. The number of aliphatic hydroxyl groups is 1.